The minimum Gasteiger partial charge on any atom is -0.357 e. The Morgan fingerprint density at radius 1 is 1.11 bits per heavy atom. The van der Waals surface area contributed by atoms with E-state index < -0.39 is 0 Å². The molecule has 0 saturated carbocycles. The molecule has 0 bridgehead atoms. The van der Waals surface area contributed by atoms with E-state index in [1.807, 2.05) is 68.0 Å². The summed E-state index contributed by atoms with van der Waals surface area (Å²) in [6, 6.07) is 11.9. The molecule has 3 heterocycles. The number of aryl methyl sites for hydroxylation is 2. The monoisotopic (exact) mass is 363 g/mol. The van der Waals surface area contributed by atoms with Gasteiger partial charge in [-0.2, -0.15) is 5.10 Å². The molecule has 140 valence electrons. The van der Waals surface area contributed by atoms with Crippen LogP contribution in [0.1, 0.15) is 29.6 Å². The fourth-order valence-electron chi connectivity index (χ4n) is 2.69. The van der Waals surface area contributed by atoms with Gasteiger partial charge in [-0.05, 0) is 50.6 Å². The molecule has 0 saturated heterocycles. The van der Waals surface area contributed by atoms with E-state index in [1.165, 1.54) is 0 Å². The number of hydrogen-bond donors (Lipinski definition) is 2. The summed E-state index contributed by atoms with van der Waals surface area (Å²) in [5.41, 5.74) is 4.06. The lowest BCUT2D eigenvalue weighted by Gasteiger charge is -2.11. The summed E-state index contributed by atoms with van der Waals surface area (Å²) >= 11 is 0. The predicted octanol–water partition coefficient (Wildman–Crippen LogP) is 2.53. The van der Waals surface area contributed by atoms with Crippen molar-refractivity contribution in [2.45, 2.75) is 33.9 Å². The van der Waals surface area contributed by atoms with Crippen LogP contribution in [-0.4, -0.2) is 32.3 Å². The van der Waals surface area contributed by atoms with Gasteiger partial charge in [-0.3, -0.25) is 4.98 Å². The predicted molar refractivity (Wildman–Crippen MR) is 107 cm³/mol. The van der Waals surface area contributed by atoms with Crippen LogP contribution in [-0.2, 0) is 13.1 Å². The maximum Gasteiger partial charge on any atom is 0.191 e. The quantitative estimate of drug-likeness (QED) is 0.520. The number of hydrogen-bond acceptors (Lipinski definition) is 4. The number of nitrogens with zero attached hydrogens (tertiary/aromatic N) is 5. The molecule has 3 aromatic heterocycles. The molecular weight excluding hydrogens is 338 g/mol. The van der Waals surface area contributed by atoms with E-state index in [9.17, 15) is 0 Å². The maximum absolute atomic E-state index is 4.63. The summed E-state index contributed by atoms with van der Waals surface area (Å²) in [6.07, 6.45) is 3.63. The van der Waals surface area contributed by atoms with Crippen LogP contribution in [0.5, 0.6) is 0 Å². The summed E-state index contributed by atoms with van der Waals surface area (Å²) in [5, 5.41) is 11.0. The molecular formula is C20H25N7. The van der Waals surface area contributed by atoms with Gasteiger partial charge in [-0.15, -0.1) is 0 Å². The highest BCUT2D eigenvalue weighted by Gasteiger charge is 2.05. The van der Waals surface area contributed by atoms with Crippen LogP contribution >= 0.6 is 0 Å². The van der Waals surface area contributed by atoms with Gasteiger partial charge < -0.3 is 10.6 Å². The van der Waals surface area contributed by atoms with E-state index in [0.29, 0.717) is 13.1 Å². The molecule has 0 aliphatic heterocycles. The number of nitrogens with one attached hydrogen (secondary N) is 2. The molecule has 0 unspecified atom stereocenters. The van der Waals surface area contributed by atoms with Crippen molar-refractivity contribution in [3.63, 3.8) is 0 Å². The lowest BCUT2D eigenvalue weighted by atomic mass is 10.3. The lowest BCUT2D eigenvalue weighted by molar-refractivity contribution is 0.794. The minimum absolute atomic E-state index is 0.544. The van der Waals surface area contributed by atoms with Crippen LogP contribution in [0, 0.1) is 13.8 Å². The van der Waals surface area contributed by atoms with Gasteiger partial charge in [0.1, 0.15) is 0 Å². The third kappa shape index (κ3) is 5.13. The van der Waals surface area contributed by atoms with E-state index in [4.69, 9.17) is 0 Å². The lowest BCUT2D eigenvalue weighted by Crippen LogP contribution is -2.37. The second-order valence-corrected chi connectivity index (χ2v) is 6.23. The number of aromatic nitrogens is 4. The largest absolute Gasteiger partial charge is 0.357 e. The van der Waals surface area contributed by atoms with Gasteiger partial charge in [0.05, 0.1) is 24.5 Å². The first-order valence-corrected chi connectivity index (χ1v) is 9.06. The average molecular weight is 363 g/mol. The topological polar surface area (TPSA) is 80.0 Å². The van der Waals surface area contributed by atoms with Crippen molar-refractivity contribution in [3.05, 3.63) is 71.4 Å². The average Bonchev–Trinajstić information content (AvgIpc) is 3.03. The molecule has 0 aromatic carbocycles. The zero-order valence-corrected chi connectivity index (χ0v) is 16.0. The van der Waals surface area contributed by atoms with Gasteiger partial charge in [0.15, 0.2) is 11.8 Å². The summed E-state index contributed by atoms with van der Waals surface area (Å²) in [4.78, 5) is 13.5. The summed E-state index contributed by atoms with van der Waals surface area (Å²) in [5.74, 6) is 1.57. The smallest absolute Gasteiger partial charge is 0.191 e. The summed E-state index contributed by atoms with van der Waals surface area (Å²) < 4.78 is 1.85. The Labute approximate surface area is 159 Å². The molecule has 7 nitrogen and oxygen atoms in total. The van der Waals surface area contributed by atoms with Crippen LogP contribution in [0.2, 0.25) is 0 Å². The van der Waals surface area contributed by atoms with E-state index >= 15 is 0 Å². The highest BCUT2D eigenvalue weighted by Crippen LogP contribution is 2.10. The molecule has 3 aromatic rings. The molecule has 27 heavy (non-hydrogen) atoms. The summed E-state index contributed by atoms with van der Waals surface area (Å²) in [6.45, 7) is 8.01. The molecule has 0 aliphatic rings. The molecule has 0 aliphatic carbocycles. The first-order chi connectivity index (χ1) is 13.2. The van der Waals surface area contributed by atoms with Crippen molar-refractivity contribution in [1.82, 2.24) is 30.4 Å². The zero-order valence-electron chi connectivity index (χ0n) is 16.0. The minimum atomic E-state index is 0.544. The van der Waals surface area contributed by atoms with Crippen molar-refractivity contribution in [2.75, 3.05) is 6.54 Å². The highest BCUT2D eigenvalue weighted by molar-refractivity contribution is 5.79. The SMILES string of the molecule is CCNC(=NCc1ccc(-n2nc(C)cc2C)nc1)NCc1ccccn1. The third-order valence-electron chi connectivity index (χ3n) is 3.96. The molecule has 0 spiro atoms. The molecule has 0 atom stereocenters. The molecule has 3 rings (SSSR count). The van der Waals surface area contributed by atoms with Crippen molar-refractivity contribution < 1.29 is 0 Å². The molecule has 0 amide bonds. The Bertz CT molecular complexity index is 882. The van der Waals surface area contributed by atoms with Crippen LogP contribution < -0.4 is 10.6 Å². The summed E-state index contributed by atoms with van der Waals surface area (Å²) in [7, 11) is 0. The van der Waals surface area contributed by atoms with E-state index in [-0.39, 0.29) is 0 Å². The Balaban J connectivity index is 1.64. The van der Waals surface area contributed by atoms with Gasteiger partial charge in [0, 0.05) is 24.6 Å². The highest BCUT2D eigenvalue weighted by atomic mass is 15.3. The Kier molecular flexibility index (Phi) is 6.14. The first-order valence-electron chi connectivity index (χ1n) is 9.06. The van der Waals surface area contributed by atoms with Crippen LogP contribution in [0.15, 0.2) is 53.8 Å². The van der Waals surface area contributed by atoms with Crippen molar-refractivity contribution in [1.29, 1.82) is 0 Å². The Hall–Kier alpha value is -3.22. The fraction of sp³-hybridized carbons (Fsp3) is 0.300. The second-order valence-electron chi connectivity index (χ2n) is 6.23. The molecule has 0 radical (unpaired) electrons. The third-order valence-corrected chi connectivity index (χ3v) is 3.96. The standard InChI is InChI=1S/C20H25N7/c1-4-21-20(25-14-18-7-5-6-10-22-18)24-13-17-8-9-19(23-12-17)27-16(3)11-15(2)26-27/h5-12H,4,13-14H2,1-3H3,(H2,21,24,25). The number of rotatable bonds is 6. The van der Waals surface area contributed by atoms with Crippen molar-refractivity contribution in [2.24, 2.45) is 4.99 Å². The van der Waals surface area contributed by atoms with Gasteiger partial charge >= 0.3 is 0 Å². The zero-order chi connectivity index (χ0) is 19.1. The normalized spacial score (nSPS) is 11.4. The van der Waals surface area contributed by atoms with Gasteiger partial charge in [-0.25, -0.2) is 14.7 Å². The van der Waals surface area contributed by atoms with E-state index in [0.717, 1.165) is 41.0 Å². The number of pyridine rings is 2. The molecule has 0 fully saturated rings. The number of guanidine groups is 1. The van der Waals surface area contributed by atoms with E-state index in [1.54, 1.807) is 6.20 Å². The van der Waals surface area contributed by atoms with Crippen molar-refractivity contribution >= 4 is 5.96 Å². The number of aliphatic imine (C=N–C) groups is 1. The van der Waals surface area contributed by atoms with Crippen LogP contribution in [0.25, 0.3) is 5.82 Å². The van der Waals surface area contributed by atoms with Gasteiger partial charge in [0.2, 0.25) is 0 Å². The van der Waals surface area contributed by atoms with Crippen LogP contribution in [0.4, 0.5) is 0 Å². The van der Waals surface area contributed by atoms with Gasteiger partial charge in [-0.1, -0.05) is 12.1 Å². The fourth-order valence-corrected chi connectivity index (χ4v) is 2.69. The molecule has 2 N–H and O–H groups in total. The second kappa shape index (κ2) is 8.93. The van der Waals surface area contributed by atoms with Gasteiger partial charge in [0.25, 0.3) is 0 Å². The Morgan fingerprint density at radius 2 is 2.00 bits per heavy atom. The van der Waals surface area contributed by atoms with E-state index in [2.05, 4.69) is 30.7 Å². The maximum atomic E-state index is 4.63. The van der Waals surface area contributed by atoms with Crippen molar-refractivity contribution in [3.8, 4) is 5.82 Å². The van der Waals surface area contributed by atoms with Crippen LogP contribution in [0.3, 0.4) is 0 Å². The molecule has 7 heteroatoms. The first kappa shape index (κ1) is 18.6. The Morgan fingerprint density at radius 3 is 2.63 bits per heavy atom.